The molecule has 1 amide bonds. The number of aryl methyl sites for hydroxylation is 1. The van der Waals surface area contributed by atoms with Crippen molar-refractivity contribution in [3.63, 3.8) is 0 Å². The quantitative estimate of drug-likeness (QED) is 0.452. The highest BCUT2D eigenvalue weighted by molar-refractivity contribution is 6.04. The van der Waals surface area contributed by atoms with Crippen LogP contribution in [0.3, 0.4) is 0 Å². The summed E-state index contributed by atoms with van der Waals surface area (Å²) in [6.45, 7) is 2.48. The smallest absolute Gasteiger partial charge is 0.282 e. The normalized spacial score (nSPS) is 18.1. The molecule has 1 unspecified atom stereocenters. The van der Waals surface area contributed by atoms with E-state index in [9.17, 15) is 27.9 Å². The Bertz CT molecular complexity index is 1560. The van der Waals surface area contributed by atoms with E-state index in [4.69, 9.17) is 0 Å². The van der Waals surface area contributed by atoms with Crippen molar-refractivity contribution in [2.45, 2.75) is 45.7 Å². The lowest BCUT2D eigenvalue weighted by Gasteiger charge is -2.19. The lowest BCUT2D eigenvalue weighted by atomic mass is 9.92. The van der Waals surface area contributed by atoms with Crippen LogP contribution < -0.4 is 16.2 Å². The van der Waals surface area contributed by atoms with E-state index in [0.29, 0.717) is 24.9 Å². The van der Waals surface area contributed by atoms with Crippen LogP contribution in [0.5, 0.6) is 5.75 Å². The first-order chi connectivity index (χ1) is 18.1. The number of imidazole rings is 1. The first-order valence-electron chi connectivity index (χ1n) is 12.2. The summed E-state index contributed by atoms with van der Waals surface area (Å²) in [6.07, 6.45) is 8.32. The van der Waals surface area contributed by atoms with Gasteiger partial charge in [-0.2, -0.15) is 0 Å². The number of rotatable bonds is 6. The molecule has 1 aliphatic heterocycles. The molecule has 0 aromatic carbocycles. The molecule has 3 N–H and O–H groups in total. The predicted octanol–water partition coefficient (Wildman–Crippen LogP) is 3.38. The van der Waals surface area contributed by atoms with Crippen LogP contribution in [0.1, 0.15) is 33.7 Å². The van der Waals surface area contributed by atoms with Crippen molar-refractivity contribution in [3.05, 3.63) is 69.4 Å². The van der Waals surface area contributed by atoms with E-state index in [1.807, 2.05) is 18.4 Å². The number of halogens is 3. The second-order valence-corrected chi connectivity index (χ2v) is 9.69. The van der Waals surface area contributed by atoms with Gasteiger partial charge in [0.2, 0.25) is 0 Å². The molecule has 0 saturated heterocycles. The first kappa shape index (κ1) is 25.6. The molecule has 200 valence electrons. The van der Waals surface area contributed by atoms with Crippen molar-refractivity contribution in [2.75, 3.05) is 18.4 Å². The summed E-state index contributed by atoms with van der Waals surface area (Å²) in [5.41, 5.74) is 0.729. The highest BCUT2D eigenvalue weighted by Gasteiger charge is 2.37. The second-order valence-electron chi connectivity index (χ2n) is 9.69. The van der Waals surface area contributed by atoms with Gasteiger partial charge in [-0.3, -0.25) is 19.1 Å². The van der Waals surface area contributed by atoms with Gasteiger partial charge in [-0.15, -0.1) is 0 Å². The van der Waals surface area contributed by atoms with Gasteiger partial charge >= 0.3 is 0 Å². The molecular formula is C26H27F3N6O3. The van der Waals surface area contributed by atoms with Crippen molar-refractivity contribution in [2.24, 2.45) is 5.92 Å². The maximum atomic E-state index is 14.8. The number of hydrogen-bond donors (Lipinski definition) is 3. The summed E-state index contributed by atoms with van der Waals surface area (Å²) < 4.78 is 45.5. The second kappa shape index (κ2) is 9.66. The molecule has 3 aromatic heterocycles. The molecule has 2 aliphatic rings. The number of carbonyl (C=O) groups excluding carboxylic acids is 1. The zero-order chi connectivity index (χ0) is 27.2. The van der Waals surface area contributed by atoms with Crippen LogP contribution in [0, 0.1) is 19.8 Å². The molecule has 0 radical (unpaired) electrons. The van der Waals surface area contributed by atoms with E-state index in [-0.39, 0.29) is 35.0 Å². The number of hydrogen-bond acceptors (Lipinski definition) is 6. The first-order valence-corrected chi connectivity index (χ1v) is 12.2. The Morgan fingerprint density at radius 1 is 1.32 bits per heavy atom. The van der Waals surface area contributed by atoms with E-state index in [0.717, 1.165) is 16.0 Å². The molecular weight excluding hydrogens is 501 g/mol. The number of nitrogens with one attached hydrogen (secondary N) is 2. The standard InChI is InChI=1S/C26H27F3N6O3/c1-14-15(2)34(13-33-14)8-7-30-24(37)19-23(36)21-22-20(32-11-26(28,29)12-35(22)25(19)38)17(10-31-21)9-16-3-5-18(27)6-4-16/h3,5-6,10,13,16,32,36H,4,7-9,11-12H2,1-2H3,(H,30,37). The number of aromatic nitrogens is 4. The molecule has 5 rings (SSSR count). The fourth-order valence-electron chi connectivity index (χ4n) is 4.86. The minimum Gasteiger partial charge on any atom is -0.505 e. The molecule has 0 spiro atoms. The van der Waals surface area contributed by atoms with Crippen LogP contribution in [0.25, 0.3) is 11.0 Å². The fourth-order valence-corrected chi connectivity index (χ4v) is 4.86. The minimum absolute atomic E-state index is 0.00440. The van der Waals surface area contributed by atoms with Gasteiger partial charge in [-0.25, -0.2) is 18.2 Å². The number of carbonyl (C=O) groups is 1. The Hall–Kier alpha value is -4.09. The van der Waals surface area contributed by atoms with E-state index in [1.165, 1.54) is 18.3 Å². The van der Waals surface area contributed by atoms with Crippen molar-refractivity contribution in [1.29, 1.82) is 0 Å². The monoisotopic (exact) mass is 528 g/mol. The summed E-state index contributed by atoms with van der Waals surface area (Å²) in [6, 6.07) is 0. The molecule has 0 saturated carbocycles. The van der Waals surface area contributed by atoms with Gasteiger partial charge in [0, 0.05) is 25.0 Å². The Morgan fingerprint density at radius 3 is 2.79 bits per heavy atom. The molecule has 12 heteroatoms. The van der Waals surface area contributed by atoms with Gasteiger partial charge in [0.15, 0.2) is 5.75 Å². The molecule has 9 nitrogen and oxygen atoms in total. The highest BCUT2D eigenvalue weighted by atomic mass is 19.3. The lowest BCUT2D eigenvalue weighted by molar-refractivity contribution is -0.000938. The maximum absolute atomic E-state index is 14.8. The predicted molar refractivity (Wildman–Crippen MR) is 135 cm³/mol. The van der Waals surface area contributed by atoms with E-state index in [1.54, 1.807) is 12.4 Å². The third kappa shape index (κ3) is 4.66. The lowest BCUT2D eigenvalue weighted by Crippen LogP contribution is -2.38. The van der Waals surface area contributed by atoms with Gasteiger partial charge in [0.25, 0.3) is 17.4 Å². The van der Waals surface area contributed by atoms with Crippen molar-refractivity contribution in [1.82, 2.24) is 24.4 Å². The summed E-state index contributed by atoms with van der Waals surface area (Å²) >= 11 is 0. The molecule has 3 aromatic rings. The maximum Gasteiger partial charge on any atom is 0.282 e. The average Bonchev–Trinajstić information content (AvgIpc) is 3.10. The van der Waals surface area contributed by atoms with Gasteiger partial charge in [-0.05, 0) is 50.3 Å². The largest absolute Gasteiger partial charge is 0.505 e. The van der Waals surface area contributed by atoms with Gasteiger partial charge in [-0.1, -0.05) is 6.08 Å². The van der Waals surface area contributed by atoms with Crippen LogP contribution in [0.2, 0.25) is 0 Å². The molecule has 1 atom stereocenters. The topological polar surface area (TPSA) is 114 Å². The molecule has 0 fully saturated rings. The van der Waals surface area contributed by atoms with E-state index in [2.05, 4.69) is 20.6 Å². The van der Waals surface area contributed by atoms with E-state index < -0.39 is 41.8 Å². The highest BCUT2D eigenvalue weighted by Crippen LogP contribution is 2.37. The Balaban J connectivity index is 1.52. The van der Waals surface area contributed by atoms with Crippen LogP contribution in [-0.4, -0.2) is 49.1 Å². The van der Waals surface area contributed by atoms with Crippen LogP contribution >= 0.6 is 0 Å². The van der Waals surface area contributed by atoms with Gasteiger partial charge in [0.05, 0.1) is 36.3 Å². The zero-order valence-electron chi connectivity index (χ0n) is 20.9. The molecule has 0 bridgehead atoms. The minimum atomic E-state index is -3.31. The average molecular weight is 529 g/mol. The Morgan fingerprint density at radius 2 is 2.11 bits per heavy atom. The summed E-state index contributed by atoms with van der Waals surface area (Å²) in [5.74, 6) is -5.31. The van der Waals surface area contributed by atoms with Crippen LogP contribution in [0.4, 0.5) is 18.9 Å². The van der Waals surface area contributed by atoms with Crippen LogP contribution in [-0.2, 0) is 19.5 Å². The summed E-state index contributed by atoms with van der Waals surface area (Å²) in [4.78, 5) is 34.9. The van der Waals surface area contributed by atoms with Crippen molar-refractivity contribution in [3.8, 4) is 5.75 Å². The number of alkyl halides is 2. The SMILES string of the molecule is Cc1ncn(CCNC(=O)c2c(O)c3ncc(CC4C=CC(F)=CC4)c4c3n(c2=O)CC(F)(F)CN4)c1C. The number of aromatic hydroxyl groups is 1. The number of anilines is 1. The number of allylic oxidation sites excluding steroid dienone is 4. The summed E-state index contributed by atoms with van der Waals surface area (Å²) in [7, 11) is 0. The van der Waals surface area contributed by atoms with Crippen molar-refractivity contribution >= 4 is 22.6 Å². The van der Waals surface area contributed by atoms with Crippen LogP contribution in [0.15, 0.2) is 41.4 Å². The number of amides is 1. The fraction of sp³-hybridized carbons (Fsp3) is 0.385. The van der Waals surface area contributed by atoms with Gasteiger partial charge in [0.1, 0.15) is 16.9 Å². The number of pyridine rings is 2. The number of nitrogens with zero attached hydrogens (tertiary/aromatic N) is 4. The molecule has 4 heterocycles. The van der Waals surface area contributed by atoms with Crippen molar-refractivity contribution < 1.29 is 23.1 Å². The Labute approximate surface area is 215 Å². The third-order valence-corrected chi connectivity index (χ3v) is 7.07. The molecule has 38 heavy (non-hydrogen) atoms. The zero-order valence-corrected chi connectivity index (χ0v) is 20.9. The van der Waals surface area contributed by atoms with Gasteiger partial charge < -0.3 is 20.3 Å². The summed E-state index contributed by atoms with van der Waals surface area (Å²) in [5, 5.41) is 16.3. The Kier molecular flexibility index (Phi) is 6.49. The molecule has 1 aliphatic carbocycles. The third-order valence-electron chi connectivity index (χ3n) is 7.07. The van der Waals surface area contributed by atoms with E-state index >= 15 is 0 Å².